The highest BCUT2D eigenvalue weighted by atomic mass is 19.4. The molecule has 0 radical (unpaired) electrons. The smallest absolute Gasteiger partial charge is 0.419 e. The van der Waals surface area contributed by atoms with Gasteiger partial charge in [0.25, 0.3) is 0 Å². The second-order valence-corrected chi connectivity index (χ2v) is 6.08. The van der Waals surface area contributed by atoms with Gasteiger partial charge in [-0.25, -0.2) is 0 Å². The van der Waals surface area contributed by atoms with Crippen molar-refractivity contribution in [1.29, 1.82) is 0 Å². The van der Waals surface area contributed by atoms with Crippen LogP contribution in [0.5, 0.6) is 5.75 Å². The van der Waals surface area contributed by atoms with Crippen LogP contribution in [0, 0.1) is 13.8 Å². The Balaban J connectivity index is 1.84. The highest BCUT2D eigenvalue weighted by Crippen LogP contribution is 2.35. The molecule has 5 nitrogen and oxygen atoms in total. The van der Waals surface area contributed by atoms with Crippen molar-refractivity contribution < 1.29 is 27.2 Å². The van der Waals surface area contributed by atoms with Gasteiger partial charge in [0.15, 0.2) is 0 Å². The largest absolute Gasteiger partial charge is 0.491 e. The fourth-order valence-electron chi connectivity index (χ4n) is 2.53. The van der Waals surface area contributed by atoms with Gasteiger partial charge < -0.3 is 14.6 Å². The number of hydrogen-bond acceptors (Lipinski definition) is 4. The molecule has 0 aliphatic carbocycles. The van der Waals surface area contributed by atoms with Gasteiger partial charge in [-0.05, 0) is 39.3 Å². The second-order valence-electron chi connectivity index (χ2n) is 6.08. The van der Waals surface area contributed by atoms with E-state index in [2.05, 4.69) is 10.5 Å². The number of aromatic nitrogens is 1. The first kappa shape index (κ1) is 19.8. The van der Waals surface area contributed by atoms with Crippen LogP contribution in [-0.2, 0) is 17.4 Å². The third kappa shape index (κ3) is 5.24. The zero-order valence-electron chi connectivity index (χ0n) is 14.8. The maximum atomic E-state index is 12.9. The van der Waals surface area contributed by atoms with Crippen LogP contribution in [-0.4, -0.2) is 23.7 Å². The van der Waals surface area contributed by atoms with Gasteiger partial charge in [0, 0.05) is 12.0 Å². The summed E-state index contributed by atoms with van der Waals surface area (Å²) in [6, 6.07) is 4.55. The van der Waals surface area contributed by atoms with E-state index >= 15 is 0 Å². The summed E-state index contributed by atoms with van der Waals surface area (Å²) < 4.78 is 49.1. The van der Waals surface area contributed by atoms with E-state index in [0.717, 1.165) is 17.3 Å². The van der Waals surface area contributed by atoms with Gasteiger partial charge in [0.2, 0.25) is 5.91 Å². The normalized spacial score (nSPS) is 12.7. The lowest BCUT2D eigenvalue weighted by Crippen LogP contribution is -2.37. The van der Waals surface area contributed by atoms with Gasteiger partial charge in [0.05, 0.1) is 17.3 Å². The lowest BCUT2D eigenvalue weighted by atomic mass is 10.1. The third-order valence-corrected chi connectivity index (χ3v) is 3.87. The predicted molar refractivity (Wildman–Crippen MR) is 88.8 cm³/mol. The summed E-state index contributed by atoms with van der Waals surface area (Å²) >= 11 is 0. The van der Waals surface area contributed by atoms with Crippen molar-refractivity contribution in [1.82, 2.24) is 10.5 Å². The number of para-hydroxylation sites is 1. The zero-order valence-corrected chi connectivity index (χ0v) is 14.8. The summed E-state index contributed by atoms with van der Waals surface area (Å²) in [7, 11) is 0. The average Bonchev–Trinajstić information content (AvgIpc) is 2.89. The van der Waals surface area contributed by atoms with Crippen molar-refractivity contribution in [3.63, 3.8) is 0 Å². The number of aryl methyl sites for hydroxylation is 2. The van der Waals surface area contributed by atoms with Gasteiger partial charge in [0.1, 0.15) is 18.1 Å². The van der Waals surface area contributed by atoms with E-state index in [9.17, 15) is 18.0 Å². The van der Waals surface area contributed by atoms with Crippen LogP contribution >= 0.6 is 0 Å². The van der Waals surface area contributed by atoms with Crippen LogP contribution in [0.1, 0.15) is 35.9 Å². The van der Waals surface area contributed by atoms with Gasteiger partial charge in [-0.15, -0.1) is 0 Å². The number of hydrogen-bond donors (Lipinski definition) is 1. The Morgan fingerprint density at radius 3 is 2.62 bits per heavy atom. The molecule has 1 heterocycles. The Morgan fingerprint density at radius 1 is 1.31 bits per heavy atom. The number of carbonyl (C=O) groups is 1. The summed E-state index contributed by atoms with van der Waals surface area (Å²) in [4.78, 5) is 12.0. The number of rotatable bonds is 7. The first-order valence-electron chi connectivity index (χ1n) is 8.18. The number of benzene rings is 1. The fraction of sp³-hybridized carbons (Fsp3) is 0.444. The topological polar surface area (TPSA) is 64.4 Å². The molecule has 2 rings (SSSR count). The van der Waals surface area contributed by atoms with Crippen LogP contribution in [0.3, 0.4) is 0 Å². The Bertz CT molecular complexity index is 737. The first-order valence-corrected chi connectivity index (χ1v) is 8.18. The molecule has 0 aliphatic rings. The minimum Gasteiger partial charge on any atom is -0.491 e. The van der Waals surface area contributed by atoms with E-state index in [4.69, 9.17) is 9.26 Å². The van der Waals surface area contributed by atoms with Crippen LogP contribution in [0.4, 0.5) is 13.2 Å². The molecule has 8 heteroatoms. The van der Waals surface area contributed by atoms with Crippen LogP contribution in [0.2, 0.25) is 0 Å². The Labute approximate surface area is 149 Å². The molecule has 1 N–H and O–H groups in total. The van der Waals surface area contributed by atoms with Gasteiger partial charge in [-0.3, -0.25) is 4.79 Å². The minimum atomic E-state index is -4.49. The Kier molecular flexibility index (Phi) is 6.28. The molecule has 0 aliphatic heterocycles. The Hall–Kier alpha value is -2.51. The minimum absolute atomic E-state index is 0.0653. The van der Waals surface area contributed by atoms with E-state index in [0.29, 0.717) is 12.2 Å². The van der Waals surface area contributed by atoms with Crippen molar-refractivity contribution in [3.05, 3.63) is 46.8 Å². The number of nitrogens with one attached hydrogen (secondary N) is 1. The highest BCUT2D eigenvalue weighted by molar-refractivity contribution is 5.76. The fourth-order valence-corrected chi connectivity index (χ4v) is 2.53. The van der Waals surface area contributed by atoms with Crippen LogP contribution < -0.4 is 10.1 Å². The van der Waals surface area contributed by atoms with Gasteiger partial charge in [-0.1, -0.05) is 17.3 Å². The quantitative estimate of drug-likeness (QED) is 0.805. The number of carbonyl (C=O) groups excluding carboxylic acids is 1. The van der Waals surface area contributed by atoms with Crippen molar-refractivity contribution in [2.45, 2.75) is 45.8 Å². The highest BCUT2D eigenvalue weighted by Gasteiger charge is 2.34. The zero-order chi connectivity index (χ0) is 19.3. The summed E-state index contributed by atoms with van der Waals surface area (Å²) in [6.45, 7) is 5.19. The maximum absolute atomic E-state index is 12.9. The van der Waals surface area contributed by atoms with Crippen LogP contribution in [0.15, 0.2) is 28.8 Å². The van der Waals surface area contributed by atoms with Gasteiger partial charge in [-0.2, -0.15) is 13.2 Å². The molecular weight excluding hydrogens is 349 g/mol. The summed E-state index contributed by atoms with van der Waals surface area (Å²) in [5.41, 5.74) is 0.801. The maximum Gasteiger partial charge on any atom is 0.419 e. The van der Waals surface area contributed by atoms with Crippen molar-refractivity contribution in [3.8, 4) is 5.75 Å². The molecule has 1 amide bonds. The SMILES string of the molecule is Cc1noc(C)c1CCC(=O)NC(C)COc1ccccc1C(F)(F)F. The number of alkyl halides is 3. The lowest BCUT2D eigenvalue weighted by molar-refractivity contribution is -0.139. The van der Waals surface area contributed by atoms with Crippen molar-refractivity contribution >= 4 is 5.91 Å². The van der Waals surface area contributed by atoms with E-state index in [1.165, 1.54) is 18.2 Å². The average molecular weight is 370 g/mol. The molecule has 0 spiro atoms. The lowest BCUT2D eigenvalue weighted by Gasteiger charge is -2.18. The molecule has 1 aromatic carbocycles. The van der Waals surface area contributed by atoms with E-state index in [1.54, 1.807) is 20.8 Å². The second kappa shape index (κ2) is 8.25. The summed E-state index contributed by atoms with van der Waals surface area (Å²) in [6.07, 6.45) is -3.78. The predicted octanol–water partition coefficient (Wildman–Crippen LogP) is 3.83. The van der Waals surface area contributed by atoms with E-state index in [1.807, 2.05) is 0 Å². The van der Waals surface area contributed by atoms with Crippen LogP contribution in [0.25, 0.3) is 0 Å². The molecular formula is C18H21F3N2O3. The molecule has 0 fully saturated rings. The van der Waals surface area contributed by atoms with Crippen molar-refractivity contribution in [2.24, 2.45) is 0 Å². The molecule has 1 unspecified atom stereocenters. The van der Waals surface area contributed by atoms with Gasteiger partial charge >= 0.3 is 6.18 Å². The molecule has 26 heavy (non-hydrogen) atoms. The number of ether oxygens (including phenoxy) is 1. The Morgan fingerprint density at radius 2 is 2.00 bits per heavy atom. The van der Waals surface area contributed by atoms with Crippen molar-refractivity contribution in [2.75, 3.05) is 6.61 Å². The summed E-state index contributed by atoms with van der Waals surface area (Å²) in [5.74, 6) is 0.206. The number of halogens is 3. The molecule has 1 aromatic heterocycles. The molecule has 2 aromatic rings. The summed E-state index contributed by atoms with van der Waals surface area (Å²) in [5, 5.41) is 6.54. The first-order chi connectivity index (χ1) is 12.2. The van der Waals surface area contributed by atoms with E-state index < -0.39 is 17.8 Å². The third-order valence-electron chi connectivity index (χ3n) is 3.87. The molecule has 142 valence electrons. The molecule has 0 saturated heterocycles. The standard InChI is InChI=1S/C18H21F3N2O3/c1-11(10-25-16-7-5-4-6-15(16)18(19,20)21)22-17(24)9-8-14-12(2)23-26-13(14)3/h4-7,11H,8-10H2,1-3H3,(H,22,24). The number of nitrogens with zero attached hydrogens (tertiary/aromatic N) is 1. The van der Waals surface area contributed by atoms with E-state index in [-0.39, 0.29) is 24.7 Å². The molecule has 0 bridgehead atoms. The monoisotopic (exact) mass is 370 g/mol. The molecule has 1 atom stereocenters. The molecule has 0 saturated carbocycles. The number of amides is 1.